The number of nitrogens with zero attached hydrogens (tertiary/aromatic N) is 5. The van der Waals surface area contributed by atoms with Gasteiger partial charge in [0.15, 0.2) is 11.6 Å². The van der Waals surface area contributed by atoms with Crippen LogP contribution in [0.1, 0.15) is 24.4 Å². The maximum atomic E-state index is 13.6. The fourth-order valence-electron chi connectivity index (χ4n) is 3.88. The Bertz CT molecular complexity index is 1560. The van der Waals surface area contributed by atoms with E-state index in [9.17, 15) is 8.42 Å². The number of rotatable bonds is 10. The Morgan fingerprint density at radius 3 is 2.15 bits per heavy atom. The monoisotopic (exact) mass is 592 g/mol. The molecule has 2 aromatic heterocycles. The fourth-order valence-corrected chi connectivity index (χ4v) is 5.30. The minimum absolute atomic E-state index is 0.120. The first-order chi connectivity index (χ1) is 18.6. The summed E-state index contributed by atoms with van der Waals surface area (Å²) in [5, 5.41) is 7.96. The molecule has 0 aliphatic rings. The lowest BCUT2D eigenvalue weighted by Gasteiger charge is -2.23. The van der Waals surface area contributed by atoms with Gasteiger partial charge < -0.3 is 14.2 Å². The van der Waals surface area contributed by atoms with Gasteiger partial charge in [-0.25, -0.2) is 18.4 Å². The molecule has 2 atom stereocenters. The molecule has 2 aromatic carbocycles. The summed E-state index contributed by atoms with van der Waals surface area (Å²) < 4.78 is 48.0. The minimum Gasteiger partial charge on any atom is -0.494 e. The van der Waals surface area contributed by atoms with E-state index in [4.69, 9.17) is 37.4 Å². The van der Waals surface area contributed by atoms with Crippen molar-refractivity contribution < 1.29 is 22.6 Å². The lowest BCUT2D eigenvalue weighted by molar-refractivity contribution is 0.0949. The first kappa shape index (κ1) is 28.6. The fraction of sp³-hybridized carbons (Fsp3) is 0.280. The number of ether oxygens (including phenoxy) is 3. The van der Waals surface area contributed by atoms with Gasteiger partial charge in [0.2, 0.25) is 16.0 Å². The van der Waals surface area contributed by atoms with Crippen molar-refractivity contribution in [2.24, 2.45) is 0 Å². The number of aromatic nitrogens is 5. The summed E-state index contributed by atoms with van der Waals surface area (Å²) in [4.78, 5) is 8.49. The number of nitrogens with one attached hydrogen (secondary N) is 1. The van der Waals surface area contributed by atoms with Crippen molar-refractivity contribution in [1.82, 2.24) is 24.7 Å². The summed E-state index contributed by atoms with van der Waals surface area (Å²) in [6.07, 6.45) is 2.22. The zero-order valence-electron chi connectivity index (χ0n) is 21.7. The lowest BCUT2D eigenvalue weighted by Crippen LogP contribution is -2.33. The molecule has 0 bridgehead atoms. The second-order valence-corrected chi connectivity index (χ2v) is 11.3. The van der Waals surface area contributed by atoms with Crippen LogP contribution in [-0.4, -0.2) is 59.7 Å². The molecule has 0 unspecified atom stereocenters. The highest BCUT2D eigenvalue weighted by Gasteiger charge is 2.35. The summed E-state index contributed by atoms with van der Waals surface area (Å²) in [5.74, 6) is 1.13. The van der Waals surface area contributed by atoms with Crippen LogP contribution in [0.2, 0.25) is 10.0 Å². The summed E-state index contributed by atoms with van der Waals surface area (Å²) >= 11 is 12.4. The van der Waals surface area contributed by atoms with Crippen LogP contribution in [0.15, 0.2) is 48.8 Å². The summed E-state index contributed by atoms with van der Waals surface area (Å²) in [5.41, 5.74) is 1.71. The van der Waals surface area contributed by atoms with E-state index < -0.39 is 21.4 Å². The van der Waals surface area contributed by atoms with Crippen molar-refractivity contribution in [2.75, 3.05) is 26.1 Å². The van der Waals surface area contributed by atoms with Gasteiger partial charge in [-0.2, -0.15) is 0 Å². The highest BCUT2D eigenvalue weighted by atomic mass is 35.5. The maximum Gasteiger partial charge on any atom is 0.243 e. The minimum atomic E-state index is -4.14. The highest BCUT2D eigenvalue weighted by molar-refractivity contribution is 7.93. The third-order valence-electron chi connectivity index (χ3n) is 5.92. The first-order valence-electron chi connectivity index (χ1n) is 11.6. The number of halogens is 2. The molecule has 0 radical (unpaired) electrons. The number of anilines is 1. The number of hydrogen-bond donors (Lipinski definition) is 1. The Labute approximate surface area is 236 Å². The van der Waals surface area contributed by atoms with E-state index in [1.807, 2.05) is 6.92 Å². The molecule has 4 rings (SSSR count). The van der Waals surface area contributed by atoms with Gasteiger partial charge in [-0.3, -0.25) is 9.29 Å². The number of methoxy groups -OCH3 is 3. The lowest BCUT2D eigenvalue weighted by atomic mass is 10.2. The van der Waals surface area contributed by atoms with E-state index >= 15 is 0 Å². The van der Waals surface area contributed by atoms with Crippen molar-refractivity contribution >= 4 is 39.2 Å². The molecule has 206 valence electrons. The SMILES string of the molecule is COc1cccc(OC)c1-n1c(NS(=O)(=O)[C@@H](C)[C@H](OC)c2ncc(C)cn2)nnc1-c1ccc(Cl)c(Cl)c1. The standard InChI is InChI=1S/C25H26Cl2N6O5S/c1-14-12-28-23(29-13-14)22(38-5)15(2)39(34,35)32-25-31-30-24(16-9-10-17(26)18(27)11-16)33(25)21-19(36-3)7-6-8-20(21)37-4/h6-13,15,22H,1-5H3,(H,31,32)/t15-,22-/m0/s1. The van der Waals surface area contributed by atoms with E-state index in [2.05, 4.69) is 24.9 Å². The zero-order valence-corrected chi connectivity index (χ0v) is 24.0. The number of aryl methyl sites for hydroxylation is 1. The normalized spacial score (nSPS) is 13.1. The van der Waals surface area contributed by atoms with E-state index in [-0.39, 0.29) is 22.6 Å². The Kier molecular flexibility index (Phi) is 8.60. The largest absolute Gasteiger partial charge is 0.494 e. The van der Waals surface area contributed by atoms with Gasteiger partial charge in [0, 0.05) is 25.1 Å². The first-order valence-corrected chi connectivity index (χ1v) is 13.9. The average molecular weight is 593 g/mol. The number of para-hydroxylation sites is 1. The molecular weight excluding hydrogens is 567 g/mol. The predicted molar refractivity (Wildman–Crippen MR) is 148 cm³/mol. The van der Waals surface area contributed by atoms with Gasteiger partial charge in [0.1, 0.15) is 28.5 Å². The zero-order chi connectivity index (χ0) is 28.3. The molecular formula is C25H26Cl2N6O5S. The van der Waals surface area contributed by atoms with Crippen LogP contribution in [0.25, 0.3) is 17.1 Å². The van der Waals surface area contributed by atoms with Gasteiger partial charge in [-0.15, -0.1) is 10.2 Å². The van der Waals surface area contributed by atoms with E-state index in [1.54, 1.807) is 48.8 Å². The Morgan fingerprint density at radius 2 is 1.59 bits per heavy atom. The molecule has 2 heterocycles. The Hall–Kier alpha value is -3.45. The summed E-state index contributed by atoms with van der Waals surface area (Å²) in [7, 11) is 0.218. The molecule has 0 aliphatic carbocycles. The molecule has 11 nitrogen and oxygen atoms in total. The average Bonchev–Trinajstić information content (AvgIpc) is 3.33. The molecule has 4 aromatic rings. The van der Waals surface area contributed by atoms with Crippen LogP contribution >= 0.6 is 23.2 Å². The Morgan fingerprint density at radius 1 is 0.949 bits per heavy atom. The topological polar surface area (TPSA) is 130 Å². The van der Waals surface area contributed by atoms with E-state index in [0.29, 0.717) is 27.8 Å². The van der Waals surface area contributed by atoms with Crippen molar-refractivity contribution in [3.8, 4) is 28.6 Å². The number of hydrogen-bond acceptors (Lipinski definition) is 9. The third kappa shape index (κ3) is 5.78. The second kappa shape index (κ2) is 11.7. The van der Waals surface area contributed by atoms with Gasteiger partial charge in [-0.05, 0) is 49.7 Å². The van der Waals surface area contributed by atoms with Crippen molar-refractivity contribution in [3.05, 3.63) is 70.2 Å². The van der Waals surface area contributed by atoms with Crippen molar-refractivity contribution in [3.63, 3.8) is 0 Å². The maximum absolute atomic E-state index is 13.6. The molecule has 0 saturated heterocycles. The van der Waals surface area contributed by atoms with Crippen molar-refractivity contribution in [2.45, 2.75) is 25.2 Å². The smallest absolute Gasteiger partial charge is 0.243 e. The quantitative estimate of drug-likeness (QED) is 0.274. The summed E-state index contributed by atoms with van der Waals surface area (Å²) in [6.45, 7) is 3.32. The van der Waals surface area contributed by atoms with Gasteiger partial charge in [0.05, 0.1) is 24.3 Å². The van der Waals surface area contributed by atoms with E-state index in [0.717, 1.165) is 5.56 Å². The molecule has 39 heavy (non-hydrogen) atoms. The number of benzene rings is 2. The van der Waals surface area contributed by atoms with Gasteiger partial charge in [-0.1, -0.05) is 29.3 Å². The third-order valence-corrected chi connectivity index (χ3v) is 8.36. The molecule has 14 heteroatoms. The van der Waals surface area contributed by atoms with Gasteiger partial charge >= 0.3 is 0 Å². The molecule has 1 N–H and O–H groups in total. The Balaban J connectivity index is 1.86. The highest BCUT2D eigenvalue weighted by Crippen LogP contribution is 2.39. The van der Waals surface area contributed by atoms with Crippen LogP contribution in [0.5, 0.6) is 11.5 Å². The van der Waals surface area contributed by atoms with Crippen molar-refractivity contribution in [1.29, 1.82) is 0 Å². The van der Waals surface area contributed by atoms with E-state index in [1.165, 1.54) is 32.8 Å². The predicted octanol–water partition coefficient (Wildman–Crippen LogP) is 4.87. The molecule has 0 aliphatic heterocycles. The van der Waals surface area contributed by atoms with Crippen LogP contribution in [-0.2, 0) is 14.8 Å². The molecule has 0 spiro atoms. The molecule has 0 fully saturated rings. The number of sulfonamides is 1. The van der Waals surface area contributed by atoms with Crippen LogP contribution in [0.4, 0.5) is 5.95 Å². The second-order valence-electron chi connectivity index (χ2n) is 8.45. The van der Waals surface area contributed by atoms with Crippen LogP contribution in [0, 0.1) is 6.92 Å². The van der Waals surface area contributed by atoms with Crippen LogP contribution < -0.4 is 14.2 Å². The summed E-state index contributed by atoms with van der Waals surface area (Å²) in [6, 6.07) is 10.0. The van der Waals surface area contributed by atoms with Crippen LogP contribution in [0.3, 0.4) is 0 Å². The molecule has 0 saturated carbocycles. The molecule has 0 amide bonds. The van der Waals surface area contributed by atoms with Gasteiger partial charge in [0.25, 0.3) is 0 Å².